The van der Waals surface area contributed by atoms with Gasteiger partial charge in [0.05, 0.1) is 13.3 Å². The number of hydrogen-bond acceptors (Lipinski definition) is 4. The molecular weight excluding hydrogens is 342 g/mol. The van der Waals surface area contributed by atoms with Crippen molar-refractivity contribution in [2.45, 2.75) is 33.6 Å². The third-order valence-electron chi connectivity index (χ3n) is 4.29. The van der Waals surface area contributed by atoms with Gasteiger partial charge in [-0.1, -0.05) is 24.3 Å². The Morgan fingerprint density at radius 3 is 2.52 bits per heavy atom. The van der Waals surface area contributed by atoms with E-state index in [9.17, 15) is 9.59 Å². The van der Waals surface area contributed by atoms with Crippen LogP contribution in [0.2, 0.25) is 0 Å². The van der Waals surface area contributed by atoms with E-state index >= 15 is 0 Å². The first-order valence-corrected chi connectivity index (χ1v) is 8.73. The summed E-state index contributed by atoms with van der Waals surface area (Å²) in [5.41, 5.74) is 7.16. The molecule has 0 fully saturated rings. The predicted molar refractivity (Wildman–Crippen MR) is 107 cm³/mol. The third kappa shape index (κ3) is 5.95. The van der Waals surface area contributed by atoms with Crippen LogP contribution >= 0.6 is 0 Å². The molecule has 0 saturated heterocycles. The molecule has 0 aliphatic rings. The van der Waals surface area contributed by atoms with Crippen LogP contribution in [-0.4, -0.2) is 25.1 Å². The van der Waals surface area contributed by atoms with E-state index in [0.29, 0.717) is 0 Å². The second-order valence-corrected chi connectivity index (χ2v) is 6.32. The lowest BCUT2D eigenvalue weighted by Gasteiger charge is -2.10. The van der Waals surface area contributed by atoms with E-state index in [2.05, 4.69) is 15.8 Å². The second kappa shape index (κ2) is 9.52. The molecule has 0 spiro atoms. The molecule has 0 radical (unpaired) electrons. The molecule has 2 amide bonds. The number of rotatable bonds is 7. The molecule has 6 heteroatoms. The zero-order valence-corrected chi connectivity index (χ0v) is 16.1. The Kier molecular flexibility index (Phi) is 7.11. The van der Waals surface area contributed by atoms with Gasteiger partial charge >= 0.3 is 0 Å². The average molecular weight is 367 g/mol. The molecule has 0 heterocycles. The summed E-state index contributed by atoms with van der Waals surface area (Å²) in [5, 5.41) is 6.76. The highest BCUT2D eigenvalue weighted by molar-refractivity contribution is 5.94. The van der Waals surface area contributed by atoms with Gasteiger partial charge in [0.2, 0.25) is 11.8 Å². The molecule has 0 aliphatic carbocycles. The van der Waals surface area contributed by atoms with Crippen LogP contribution in [-0.2, 0) is 9.59 Å². The van der Waals surface area contributed by atoms with Gasteiger partial charge in [-0.15, -0.1) is 0 Å². The molecule has 0 unspecified atom stereocenters. The van der Waals surface area contributed by atoms with Gasteiger partial charge in [0.25, 0.3) is 0 Å². The second-order valence-electron chi connectivity index (χ2n) is 6.32. The largest absolute Gasteiger partial charge is 0.496 e. The highest BCUT2D eigenvalue weighted by Gasteiger charge is 2.08. The maximum atomic E-state index is 12.0. The van der Waals surface area contributed by atoms with Crippen molar-refractivity contribution in [1.82, 2.24) is 5.43 Å². The van der Waals surface area contributed by atoms with Gasteiger partial charge in [0, 0.05) is 18.5 Å². The van der Waals surface area contributed by atoms with Crippen LogP contribution in [0.3, 0.4) is 0 Å². The minimum absolute atomic E-state index is 0.0608. The number of hydrogen-bond donors (Lipinski definition) is 2. The summed E-state index contributed by atoms with van der Waals surface area (Å²) < 4.78 is 5.25. The van der Waals surface area contributed by atoms with E-state index in [1.54, 1.807) is 7.11 Å². The topological polar surface area (TPSA) is 79.8 Å². The summed E-state index contributed by atoms with van der Waals surface area (Å²) >= 11 is 0. The average Bonchev–Trinajstić information content (AvgIpc) is 2.65. The molecule has 142 valence electrons. The Labute approximate surface area is 159 Å². The molecule has 2 N–H and O–H groups in total. The van der Waals surface area contributed by atoms with Gasteiger partial charge in [-0.05, 0) is 55.2 Å². The number of carbonyl (C=O) groups excluding carboxylic acids is 2. The van der Waals surface area contributed by atoms with Gasteiger partial charge in [-0.25, -0.2) is 5.43 Å². The van der Waals surface area contributed by atoms with Gasteiger partial charge < -0.3 is 10.1 Å². The van der Waals surface area contributed by atoms with Gasteiger partial charge in [0.1, 0.15) is 5.75 Å². The van der Waals surface area contributed by atoms with Crippen LogP contribution in [0.25, 0.3) is 0 Å². The number of nitrogens with zero attached hydrogens (tertiary/aromatic N) is 1. The highest BCUT2D eigenvalue weighted by atomic mass is 16.5. The first kappa shape index (κ1) is 20.2. The van der Waals surface area contributed by atoms with Crippen LogP contribution in [0.5, 0.6) is 5.75 Å². The smallest absolute Gasteiger partial charge is 0.240 e. The number of anilines is 1. The molecule has 2 rings (SSSR count). The summed E-state index contributed by atoms with van der Waals surface area (Å²) in [6, 6.07) is 11.4. The van der Waals surface area contributed by atoms with Crippen molar-refractivity contribution >= 4 is 23.7 Å². The van der Waals surface area contributed by atoms with Crippen molar-refractivity contribution in [2.75, 3.05) is 12.4 Å². The van der Waals surface area contributed by atoms with Crippen molar-refractivity contribution in [2.24, 2.45) is 5.10 Å². The molecule has 0 aliphatic heterocycles. The van der Waals surface area contributed by atoms with E-state index < -0.39 is 0 Å². The number of carbonyl (C=O) groups is 2. The fourth-order valence-corrected chi connectivity index (χ4v) is 2.48. The Bertz CT molecular complexity index is 860. The maximum absolute atomic E-state index is 12.0. The zero-order chi connectivity index (χ0) is 19.8. The van der Waals surface area contributed by atoms with Crippen molar-refractivity contribution < 1.29 is 14.3 Å². The van der Waals surface area contributed by atoms with Crippen LogP contribution in [0.1, 0.15) is 35.1 Å². The molecule has 0 aromatic heterocycles. The lowest BCUT2D eigenvalue weighted by molar-refractivity contribution is -0.124. The summed E-state index contributed by atoms with van der Waals surface area (Å²) in [5.74, 6) is 0.237. The van der Waals surface area contributed by atoms with Crippen LogP contribution in [0.4, 0.5) is 5.69 Å². The van der Waals surface area contributed by atoms with E-state index in [4.69, 9.17) is 4.74 Å². The summed E-state index contributed by atoms with van der Waals surface area (Å²) in [7, 11) is 1.61. The fourth-order valence-electron chi connectivity index (χ4n) is 2.48. The maximum Gasteiger partial charge on any atom is 0.240 e. The highest BCUT2D eigenvalue weighted by Crippen LogP contribution is 2.19. The van der Waals surface area contributed by atoms with Crippen molar-refractivity contribution in [3.05, 3.63) is 58.7 Å². The van der Waals surface area contributed by atoms with Crippen molar-refractivity contribution in [1.29, 1.82) is 0 Å². The minimum atomic E-state index is -0.318. The van der Waals surface area contributed by atoms with Gasteiger partial charge in [-0.3, -0.25) is 9.59 Å². The molecule has 0 atom stereocenters. The Morgan fingerprint density at radius 2 is 1.78 bits per heavy atom. The lowest BCUT2D eigenvalue weighted by atomic mass is 10.1. The number of amides is 2. The van der Waals surface area contributed by atoms with Crippen LogP contribution in [0.15, 0.2) is 41.5 Å². The Balaban J connectivity index is 1.80. The van der Waals surface area contributed by atoms with Crippen LogP contribution in [0, 0.1) is 20.8 Å². The van der Waals surface area contributed by atoms with E-state index in [1.807, 2.05) is 57.2 Å². The van der Waals surface area contributed by atoms with Gasteiger partial charge in [0.15, 0.2) is 0 Å². The van der Waals surface area contributed by atoms with Crippen molar-refractivity contribution in [3.8, 4) is 5.75 Å². The van der Waals surface area contributed by atoms with Gasteiger partial charge in [-0.2, -0.15) is 5.10 Å². The number of hydrazone groups is 1. The summed E-state index contributed by atoms with van der Waals surface area (Å²) in [6.07, 6.45) is 1.69. The number of methoxy groups -OCH3 is 1. The molecule has 2 aromatic rings. The Hall–Kier alpha value is -3.15. The quantitative estimate of drug-likeness (QED) is 0.581. The number of nitrogens with one attached hydrogen (secondary N) is 2. The Morgan fingerprint density at radius 1 is 1.04 bits per heavy atom. The predicted octanol–water partition coefficient (Wildman–Crippen LogP) is 3.49. The van der Waals surface area contributed by atoms with Crippen LogP contribution < -0.4 is 15.5 Å². The molecular formula is C21H25N3O3. The summed E-state index contributed by atoms with van der Waals surface area (Å²) in [4.78, 5) is 23.9. The third-order valence-corrected chi connectivity index (χ3v) is 4.29. The summed E-state index contributed by atoms with van der Waals surface area (Å²) in [6.45, 7) is 5.89. The minimum Gasteiger partial charge on any atom is -0.496 e. The molecule has 6 nitrogen and oxygen atoms in total. The SMILES string of the molecule is COc1cc(C=NNC(=O)CCC(=O)Nc2cccc(C)c2C)ccc1C. The number of ether oxygens (including phenoxy) is 1. The molecule has 0 bridgehead atoms. The monoisotopic (exact) mass is 367 g/mol. The first-order chi connectivity index (χ1) is 12.9. The van der Waals surface area contributed by atoms with E-state index in [0.717, 1.165) is 33.7 Å². The molecule has 2 aromatic carbocycles. The zero-order valence-electron chi connectivity index (χ0n) is 16.1. The van der Waals surface area contributed by atoms with E-state index in [1.165, 1.54) is 6.21 Å². The first-order valence-electron chi connectivity index (χ1n) is 8.73. The lowest BCUT2D eigenvalue weighted by Crippen LogP contribution is -2.21. The molecule has 27 heavy (non-hydrogen) atoms. The number of aryl methyl sites for hydroxylation is 2. The fraction of sp³-hybridized carbons (Fsp3) is 0.286. The standard InChI is InChI=1S/C21H25N3O3/c1-14-6-5-7-18(16(14)3)23-20(25)10-11-21(26)24-22-13-17-9-8-15(2)19(12-17)27-4/h5-9,12-13H,10-11H2,1-4H3,(H,23,25)(H,24,26). The normalized spacial score (nSPS) is 10.7. The van der Waals surface area contributed by atoms with E-state index in [-0.39, 0.29) is 24.7 Å². The van der Waals surface area contributed by atoms with Crippen molar-refractivity contribution in [3.63, 3.8) is 0 Å². The molecule has 0 saturated carbocycles. The number of benzene rings is 2.